The molecule has 0 radical (unpaired) electrons. The first-order valence-corrected chi connectivity index (χ1v) is 11.3. The Morgan fingerprint density at radius 2 is 1.68 bits per heavy atom. The Hall–Kier alpha value is -3.65. The minimum Gasteiger partial charge on any atom is -0.354 e. The van der Waals surface area contributed by atoms with Gasteiger partial charge in [0.25, 0.3) is 5.91 Å². The van der Waals surface area contributed by atoms with E-state index in [1.54, 1.807) is 30.3 Å². The number of rotatable bonds is 5. The molecule has 1 aliphatic rings. The van der Waals surface area contributed by atoms with Crippen LogP contribution in [0.3, 0.4) is 0 Å². The number of carbonyl (C=O) groups excluding carboxylic acids is 1. The summed E-state index contributed by atoms with van der Waals surface area (Å²) in [6.07, 6.45) is 1.13. The van der Waals surface area contributed by atoms with Crippen LogP contribution in [-0.2, 0) is 14.8 Å². The summed E-state index contributed by atoms with van der Waals surface area (Å²) in [6, 6.07) is 20.3. The zero-order valence-corrected chi connectivity index (χ0v) is 17.7. The topological polar surface area (TPSA) is 78.5 Å². The van der Waals surface area contributed by atoms with Crippen LogP contribution in [0.4, 0.5) is 21.5 Å². The molecule has 0 unspecified atom stereocenters. The fourth-order valence-corrected chi connectivity index (χ4v) is 3.87. The van der Waals surface area contributed by atoms with Crippen molar-refractivity contribution in [3.63, 3.8) is 0 Å². The molecule has 0 spiro atoms. The summed E-state index contributed by atoms with van der Waals surface area (Å²) in [5, 5.41) is 6.00. The highest BCUT2D eigenvalue weighted by molar-refractivity contribution is 7.92. The van der Waals surface area contributed by atoms with Crippen LogP contribution in [0, 0.1) is 5.82 Å². The van der Waals surface area contributed by atoms with Gasteiger partial charge in [0.1, 0.15) is 5.82 Å². The lowest BCUT2D eigenvalue weighted by Gasteiger charge is -2.18. The number of benzene rings is 3. The third kappa shape index (κ3) is 4.15. The molecule has 0 bridgehead atoms. The van der Waals surface area contributed by atoms with Gasteiger partial charge in [0, 0.05) is 18.3 Å². The van der Waals surface area contributed by atoms with Crippen LogP contribution >= 0.6 is 0 Å². The number of sulfonamides is 1. The van der Waals surface area contributed by atoms with Crippen molar-refractivity contribution in [3.05, 3.63) is 89.7 Å². The van der Waals surface area contributed by atoms with Crippen LogP contribution in [0.1, 0.15) is 11.1 Å². The van der Waals surface area contributed by atoms with E-state index in [1.807, 2.05) is 30.3 Å². The molecule has 0 saturated heterocycles. The van der Waals surface area contributed by atoms with Crippen molar-refractivity contribution in [2.75, 3.05) is 28.2 Å². The largest absolute Gasteiger partial charge is 0.354 e. The van der Waals surface area contributed by atoms with Gasteiger partial charge in [0.05, 0.1) is 28.9 Å². The summed E-state index contributed by atoms with van der Waals surface area (Å²) in [5.41, 5.74) is 3.95. The first kappa shape index (κ1) is 20.6. The highest BCUT2D eigenvalue weighted by Crippen LogP contribution is 2.38. The van der Waals surface area contributed by atoms with Gasteiger partial charge in [-0.1, -0.05) is 30.3 Å². The van der Waals surface area contributed by atoms with Gasteiger partial charge in [-0.3, -0.25) is 9.10 Å². The number of fused-ring (bicyclic) bond motifs is 1. The van der Waals surface area contributed by atoms with Gasteiger partial charge in [0.15, 0.2) is 0 Å². The number of hydrogen-bond acceptors (Lipinski definition) is 4. The second-order valence-corrected chi connectivity index (χ2v) is 9.18. The van der Waals surface area contributed by atoms with Crippen LogP contribution in [0.5, 0.6) is 0 Å². The molecule has 6 nitrogen and oxygen atoms in total. The molecule has 0 atom stereocenters. The maximum absolute atomic E-state index is 13.6. The highest BCUT2D eigenvalue weighted by Gasteiger charge is 2.28. The van der Waals surface area contributed by atoms with E-state index in [4.69, 9.17) is 0 Å². The molecule has 0 aromatic heterocycles. The number of amides is 1. The summed E-state index contributed by atoms with van der Waals surface area (Å²) in [7, 11) is -1.89. The van der Waals surface area contributed by atoms with Gasteiger partial charge < -0.3 is 10.6 Å². The van der Waals surface area contributed by atoms with Crippen molar-refractivity contribution in [1.29, 1.82) is 0 Å². The lowest BCUT2D eigenvalue weighted by Crippen LogP contribution is -2.24. The number of halogens is 1. The molecule has 0 saturated carbocycles. The second kappa shape index (κ2) is 7.88. The minimum absolute atomic E-state index is 0.333. The normalized spacial score (nSPS) is 14.6. The zero-order valence-electron chi connectivity index (χ0n) is 16.9. The van der Waals surface area contributed by atoms with Crippen LogP contribution in [0.15, 0.2) is 72.8 Å². The van der Waals surface area contributed by atoms with Crippen molar-refractivity contribution >= 4 is 44.3 Å². The summed E-state index contributed by atoms with van der Waals surface area (Å²) >= 11 is 0. The van der Waals surface area contributed by atoms with Crippen molar-refractivity contribution in [1.82, 2.24) is 0 Å². The molecule has 8 heteroatoms. The molecule has 1 amide bonds. The maximum Gasteiger partial charge on any atom is 0.258 e. The van der Waals surface area contributed by atoms with E-state index >= 15 is 0 Å². The Labute approximate surface area is 180 Å². The third-order valence-corrected chi connectivity index (χ3v) is 6.24. The average molecular weight is 437 g/mol. The van der Waals surface area contributed by atoms with Gasteiger partial charge in [-0.2, -0.15) is 0 Å². The standard InChI is InChI=1S/C23H20FN3O3S/c1-27(31(2,29)30)18-11-9-17(10-12-18)25-22(15-6-4-3-5-7-15)21-19-13-8-16(24)14-20(19)26-23(21)28/h3-14,25H,1-2H3,(H,26,28)/b22-21-. The predicted molar refractivity (Wildman–Crippen MR) is 122 cm³/mol. The molecule has 2 N–H and O–H groups in total. The number of nitrogens with one attached hydrogen (secondary N) is 2. The van der Waals surface area contributed by atoms with E-state index in [0.29, 0.717) is 33.9 Å². The zero-order chi connectivity index (χ0) is 22.2. The summed E-state index contributed by atoms with van der Waals surface area (Å²) in [4.78, 5) is 12.8. The van der Waals surface area contributed by atoms with E-state index in [9.17, 15) is 17.6 Å². The lowest BCUT2D eigenvalue weighted by atomic mass is 10.00. The first-order chi connectivity index (χ1) is 14.7. The summed E-state index contributed by atoms with van der Waals surface area (Å²) in [6.45, 7) is 0. The third-order valence-electron chi connectivity index (χ3n) is 5.04. The van der Waals surface area contributed by atoms with Gasteiger partial charge in [-0.25, -0.2) is 12.8 Å². The van der Waals surface area contributed by atoms with Gasteiger partial charge in [-0.15, -0.1) is 0 Å². The van der Waals surface area contributed by atoms with Gasteiger partial charge in [-0.05, 0) is 48.0 Å². The molecule has 1 heterocycles. The Morgan fingerprint density at radius 1 is 1.00 bits per heavy atom. The maximum atomic E-state index is 13.6. The molecular weight excluding hydrogens is 417 g/mol. The van der Waals surface area contributed by atoms with Gasteiger partial charge in [0.2, 0.25) is 10.0 Å². The Morgan fingerprint density at radius 3 is 2.32 bits per heavy atom. The van der Waals surface area contributed by atoms with Crippen molar-refractivity contribution in [3.8, 4) is 0 Å². The minimum atomic E-state index is -3.37. The molecule has 4 rings (SSSR count). The number of anilines is 3. The van der Waals surface area contributed by atoms with Crippen molar-refractivity contribution < 1.29 is 17.6 Å². The van der Waals surface area contributed by atoms with Crippen LogP contribution in [0.2, 0.25) is 0 Å². The van der Waals surface area contributed by atoms with Crippen LogP contribution < -0.4 is 14.9 Å². The fourth-order valence-electron chi connectivity index (χ4n) is 3.37. The van der Waals surface area contributed by atoms with E-state index in [0.717, 1.165) is 11.8 Å². The molecule has 158 valence electrons. The monoisotopic (exact) mass is 437 g/mol. The van der Waals surface area contributed by atoms with Gasteiger partial charge >= 0.3 is 0 Å². The fraction of sp³-hybridized carbons (Fsp3) is 0.0870. The van der Waals surface area contributed by atoms with E-state index in [1.165, 1.54) is 23.5 Å². The Balaban J connectivity index is 1.79. The quantitative estimate of drug-likeness (QED) is 0.588. The van der Waals surface area contributed by atoms with E-state index in [-0.39, 0.29) is 5.91 Å². The first-order valence-electron chi connectivity index (χ1n) is 9.46. The molecule has 3 aromatic carbocycles. The summed E-state index contributed by atoms with van der Waals surface area (Å²) < 4.78 is 38.4. The Kier molecular flexibility index (Phi) is 5.24. The molecule has 3 aromatic rings. The smallest absolute Gasteiger partial charge is 0.258 e. The molecular formula is C23H20FN3O3S. The van der Waals surface area contributed by atoms with E-state index in [2.05, 4.69) is 10.6 Å². The molecule has 0 aliphatic carbocycles. The molecule has 1 aliphatic heterocycles. The Bertz CT molecular complexity index is 1290. The second-order valence-electron chi connectivity index (χ2n) is 7.16. The SMILES string of the molecule is CN(c1ccc(N/C(=C2\C(=O)Nc3cc(F)ccc32)c2ccccc2)cc1)S(C)(=O)=O. The van der Waals surface area contributed by atoms with E-state index < -0.39 is 15.8 Å². The van der Waals surface area contributed by atoms with Crippen molar-refractivity contribution in [2.45, 2.75) is 0 Å². The predicted octanol–water partition coefficient (Wildman–Crippen LogP) is 4.15. The number of hydrogen-bond donors (Lipinski definition) is 2. The number of carbonyl (C=O) groups is 1. The number of nitrogens with zero attached hydrogens (tertiary/aromatic N) is 1. The van der Waals surface area contributed by atoms with Crippen LogP contribution in [-0.4, -0.2) is 27.6 Å². The van der Waals surface area contributed by atoms with Crippen LogP contribution in [0.25, 0.3) is 11.3 Å². The highest BCUT2D eigenvalue weighted by atomic mass is 32.2. The summed E-state index contributed by atoms with van der Waals surface area (Å²) in [5.74, 6) is -0.763. The lowest BCUT2D eigenvalue weighted by molar-refractivity contribution is -0.110. The molecule has 0 fully saturated rings. The van der Waals surface area contributed by atoms with Crippen molar-refractivity contribution in [2.24, 2.45) is 0 Å². The average Bonchev–Trinajstić information content (AvgIpc) is 3.06. The molecule has 31 heavy (non-hydrogen) atoms.